The summed E-state index contributed by atoms with van der Waals surface area (Å²) in [6.45, 7) is 2.10. The molecule has 0 aliphatic heterocycles. The lowest BCUT2D eigenvalue weighted by Gasteiger charge is -2.37. The highest BCUT2D eigenvalue weighted by Gasteiger charge is 2.30. The van der Waals surface area contributed by atoms with Crippen molar-refractivity contribution in [3.05, 3.63) is 0 Å². The van der Waals surface area contributed by atoms with Gasteiger partial charge in [-0.05, 0) is 50.6 Å². The number of rotatable bonds is 5. The quantitative estimate of drug-likeness (QED) is 0.731. The Balaban J connectivity index is 1.69. The highest BCUT2D eigenvalue weighted by atomic mass is 14.9. The van der Waals surface area contributed by atoms with Crippen LogP contribution in [0.15, 0.2) is 0 Å². The third-order valence-electron chi connectivity index (χ3n) is 4.54. The van der Waals surface area contributed by atoms with E-state index in [0.717, 1.165) is 12.6 Å². The molecule has 0 saturated heterocycles. The molecule has 2 fully saturated rings. The summed E-state index contributed by atoms with van der Waals surface area (Å²) in [5.41, 5.74) is 6.47. The molecule has 2 saturated carbocycles. The van der Waals surface area contributed by atoms with Gasteiger partial charge in [-0.15, -0.1) is 0 Å². The number of nitrogens with one attached hydrogen (secondary N) is 1. The largest absolute Gasteiger partial charge is 0.330 e. The summed E-state index contributed by atoms with van der Waals surface area (Å²) in [5, 5.41) is 3.67. The average Bonchev–Trinajstić information content (AvgIpc) is 2.23. The average molecular weight is 210 g/mol. The Morgan fingerprint density at radius 1 is 1.07 bits per heavy atom. The van der Waals surface area contributed by atoms with Crippen LogP contribution in [0.25, 0.3) is 0 Å². The van der Waals surface area contributed by atoms with Gasteiger partial charge in [-0.2, -0.15) is 0 Å². The van der Waals surface area contributed by atoms with Gasteiger partial charge in [-0.1, -0.05) is 25.7 Å². The Labute approximate surface area is 94.0 Å². The van der Waals surface area contributed by atoms with Gasteiger partial charge in [-0.3, -0.25) is 0 Å². The molecule has 0 amide bonds. The molecule has 15 heavy (non-hydrogen) atoms. The van der Waals surface area contributed by atoms with Crippen LogP contribution in [0.2, 0.25) is 0 Å². The molecule has 0 radical (unpaired) electrons. The molecule has 0 aromatic heterocycles. The van der Waals surface area contributed by atoms with Crippen LogP contribution in [-0.4, -0.2) is 19.1 Å². The first-order valence-electron chi connectivity index (χ1n) is 6.78. The standard InChI is InChI=1S/C13H26N2/c14-11-13(7-2-1-3-8-13)9-10-15-12-5-4-6-12/h12,15H,1-11,14H2. The molecular weight excluding hydrogens is 184 g/mol. The van der Waals surface area contributed by atoms with Gasteiger partial charge in [0.05, 0.1) is 0 Å². The first-order valence-corrected chi connectivity index (χ1v) is 6.78. The lowest BCUT2D eigenvalue weighted by atomic mass is 9.72. The Morgan fingerprint density at radius 2 is 1.80 bits per heavy atom. The van der Waals surface area contributed by atoms with E-state index in [1.165, 1.54) is 64.3 Å². The molecule has 2 aliphatic carbocycles. The molecule has 0 heterocycles. The Kier molecular flexibility index (Phi) is 4.04. The second-order valence-electron chi connectivity index (χ2n) is 5.60. The zero-order valence-corrected chi connectivity index (χ0v) is 9.93. The Morgan fingerprint density at radius 3 is 2.33 bits per heavy atom. The maximum atomic E-state index is 5.97. The normalized spacial score (nSPS) is 26.2. The molecule has 0 aromatic rings. The minimum Gasteiger partial charge on any atom is -0.330 e. The first-order chi connectivity index (χ1) is 7.35. The summed E-state index contributed by atoms with van der Waals surface area (Å²) in [7, 11) is 0. The van der Waals surface area contributed by atoms with Crippen molar-refractivity contribution in [1.29, 1.82) is 0 Å². The Hall–Kier alpha value is -0.0800. The maximum absolute atomic E-state index is 5.97. The van der Waals surface area contributed by atoms with E-state index < -0.39 is 0 Å². The van der Waals surface area contributed by atoms with Crippen LogP contribution in [-0.2, 0) is 0 Å². The molecular formula is C13H26N2. The van der Waals surface area contributed by atoms with Crippen molar-refractivity contribution in [1.82, 2.24) is 5.32 Å². The number of hydrogen-bond acceptors (Lipinski definition) is 2. The van der Waals surface area contributed by atoms with Crippen LogP contribution in [0.4, 0.5) is 0 Å². The summed E-state index contributed by atoms with van der Waals surface area (Å²) in [5.74, 6) is 0. The van der Waals surface area contributed by atoms with E-state index in [1.54, 1.807) is 0 Å². The van der Waals surface area contributed by atoms with Crippen LogP contribution in [0.5, 0.6) is 0 Å². The molecule has 2 rings (SSSR count). The molecule has 2 nitrogen and oxygen atoms in total. The van der Waals surface area contributed by atoms with Crippen LogP contribution in [0.1, 0.15) is 57.8 Å². The second-order valence-corrected chi connectivity index (χ2v) is 5.60. The fourth-order valence-corrected chi connectivity index (χ4v) is 3.01. The van der Waals surface area contributed by atoms with E-state index in [9.17, 15) is 0 Å². The van der Waals surface area contributed by atoms with Gasteiger partial charge in [0, 0.05) is 6.04 Å². The van der Waals surface area contributed by atoms with Crippen molar-refractivity contribution in [2.24, 2.45) is 11.1 Å². The van der Waals surface area contributed by atoms with E-state index >= 15 is 0 Å². The zero-order chi connectivity index (χ0) is 10.6. The molecule has 2 aliphatic rings. The molecule has 0 atom stereocenters. The lowest BCUT2D eigenvalue weighted by molar-refractivity contribution is 0.175. The van der Waals surface area contributed by atoms with E-state index in [2.05, 4.69) is 5.32 Å². The van der Waals surface area contributed by atoms with Crippen LogP contribution in [0, 0.1) is 5.41 Å². The van der Waals surface area contributed by atoms with Gasteiger partial charge >= 0.3 is 0 Å². The first kappa shape index (κ1) is 11.4. The predicted molar refractivity (Wildman–Crippen MR) is 64.8 cm³/mol. The van der Waals surface area contributed by atoms with Gasteiger partial charge < -0.3 is 11.1 Å². The van der Waals surface area contributed by atoms with Gasteiger partial charge in [0.1, 0.15) is 0 Å². The summed E-state index contributed by atoms with van der Waals surface area (Å²) >= 11 is 0. The van der Waals surface area contributed by atoms with Gasteiger partial charge in [0.2, 0.25) is 0 Å². The summed E-state index contributed by atoms with van der Waals surface area (Å²) in [6.07, 6.45) is 12.5. The van der Waals surface area contributed by atoms with Gasteiger partial charge in [-0.25, -0.2) is 0 Å². The fraction of sp³-hybridized carbons (Fsp3) is 1.00. The van der Waals surface area contributed by atoms with Gasteiger partial charge in [0.25, 0.3) is 0 Å². The van der Waals surface area contributed by atoms with E-state index in [1.807, 2.05) is 0 Å². The third kappa shape index (κ3) is 2.94. The monoisotopic (exact) mass is 210 g/mol. The summed E-state index contributed by atoms with van der Waals surface area (Å²) in [4.78, 5) is 0. The highest BCUT2D eigenvalue weighted by molar-refractivity contribution is 4.85. The molecule has 0 spiro atoms. The van der Waals surface area contributed by atoms with Crippen molar-refractivity contribution in [2.45, 2.75) is 63.8 Å². The van der Waals surface area contributed by atoms with Crippen LogP contribution < -0.4 is 11.1 Å². The van der Waals surface area contributed by atoms with Gasteiger partial charge in [0.15, 0.2) is 0 Å². The molecule has 88 valence electrons. The maximum Gasteiger partial charge on any atom is 0.00670 e. The molecule has 0 bridgehead atoms. The van der Waals surface area contributed by atoms with E-state index in [-0.39, 0.29) is 0 Å². The SMILES string of the molecule is NCC1(CCNC2CCC2)CCCCC1. The van der Waals surface area contributed by atoms with E-state index in [4.69, 9.17) is 5.73 Å². The predicted octanol–water partition coefficient (Wildman–Crippen LogP) is 2.43. The van der Waals surface area contributed by atoms with Crippen molar-refractivity contribution >= 4 is 0 Å². The topological polar surface area (TPSA) is 38.0 Å². The van der Waals surface area contributed by atoms with Crippen molar-refractivity contribution in [2.75, 3.05) is 13.1 Å². The minimum atomic E-state index is 0.495. The summed E-state index contributed by atoms with van der Waals surface area (Å²) in [6, 6.07) is 0.836. The van der Waals surface area contributed by atoms with Crippen molar-refractivity contribution in [3.8, 4) is 0 Å². The third-order valence-corrected chi connectivity index (χ3v) is 4.54. The molecule has 3 N–H and O–H groups in total. The zero-order valence-electron chi connectivity index (χ0n) is 9.93. The number of hydrogen-bond donors (Lipinski definition) is 2. The van der Waals surface area contributed by atoms with Crippen molar-refractivity contribution < 1.29 is 0 Å². The fourth-order valence-electron chi connectivity index (χ4n) is 3.01. The Bertz CT molecular complexity index is 181. The smallest absolute Gasteiger partial charge is 0.00670 e. The summed E-state index contributed by atoms with van der Waals surface area (Å²) < 4.78 is 0. The molecule has 0 aromatic carbocycles. The molecule has 2 heteroatoms. The van der Waals surface area contributed by atoms with Crippen molar-refractivity contribution in [3.63, 3.8) is 0 Å². The van der Waals surface area contributed by atoms with E-state index in [0.29, 0.717) is 5.41 Å². The lowest BCUT2D eigenvalue weighted by Crippen LogP contribution is -2.40. The minimum absolute atomic E-state index is 0.495. The van der Waals surface area contributed by atoms with Crippen LogP contribution in [0.3, 0.4) is 0 Å². The second kappa shape index (κ2) is 5.31. The number of nitrogens with two attached hydrogens (primary N) is 1. The molecule has 0 unspecified atom stereocenters. The van der Waals surface area contributed by atoms with Crippen LogP contribution >= 0.6 is 0 Å². The highest BCUT2D eigenvalue weighted by Crippen LogP contribution is 2.38.